The van der Waals surface area contributed by atoms with Crippen molar-refractivity contribution in [2.75, 3.05) is 0 Å². The Bertz CT molecular complexity index is 423. The number of rotatable bonds is 1. The van der Waals surface area contributed by atoms with Crippen LogP contribution < -0.4 is 0 Å². The van der Waals surface area contributed by atoms with Crippen LogP contribution >= 0.6 is 0 Å². The number of aryl methyl sites for hydroxylation is 3. The first-order valence-corrected chi connectivity index (χ1v) is 4.33. The first-order chi connectivity index (χ1) is 6.16. The van der Waals surface area contributed by atoms with Crippen LogP contribution in [0.4, 0.5) is 0 Å². The molecule has 68 valence electrons. The van der Waals surface area contributed by atoms with E-state index < -0.39 is 0 Å². The zero-order valence-electron chi connectivity index (χ0n) is 8.13. The van der Waals surface area contributed by atoms with Gasteiger partial charge in [0.25, 0.3) is 0 Å². The SMILES string of the molecule is Cc1cc(-c2ccn(C)n2)c(C)[nH]1. The van der Waals surface area contributed by atoms with Crippen molar-refractivity contribution in [1.82, 2.24) is 14.8 Å². The smallest absolute Gasteiger partial charge is 0.0941 e. The molecule has 0 atom stereocenters. The molecule has 3 heteroatoms. The molecule has 1 N–H and O–H groups in total. The van der Waals surface area contributed by atoms with Crippen LogP contribution in [0.15, 0.2) is 18.3 Å². The molecule has 0 radical (unpaired) electrons. The van der Waals surface area contributed by atoms with Gasteiger partial charge in [-0.25, -0.2) is 0 Å². The minimum absolute atomic E-state index is 1.03. The van der Waals surface area contributed by atoms with E-state index in [-0.39, 0.29) is 0 Å². The number of H-pyrrole nitrogens is 1. The van der Waals surface area contributed by atoms with E-state index in [4.69, 9.17) is 0 Å². The molecule has 0 bridgehead atoms. The second-order valence-electron chi connectivity index (χ2n) is 3.37. The lowest BCUT2D eigenvalue weighted by Crippen LogP contribution is -1.87. The number of aromatic nitrogens is 3. The van der Waals surface area contributed by atoms with Gasteiger partial charge in [-0.15, -0.1) is 0 Å². The highest BCUT2D eigenvalue weighted by molar-refractivity contribution is 5.62. The molecule has 2 rings (SSSR count). The molecular weight excluding hydrogens is 162 g/mol. The summed E-state index contributed by atoms with van der Waals surface area (Å²) in [7, 11) is 1.93. The quantitative estimate of drug-likeness (QED) is 0.707. The van der Waals surface area contributed by atoms with Crippen molar-refractivity contribution in [3.8, 4) is 11.3 Å². The summed E-state index contributed by atoms with van der Waals surface area (Å²) < 4.78 is 1.82. The van der Waals surface area contributed by atoms with Crippen molar-refractivity contribution in [1.29, 1.82) is 0 Å². The van der Waals surface area contributed by atoms with Crippen molar-refractivity contribution in [3.63, 3.8) is 0 Å². The molecule has 0 spiro atoms. The van der Waals surface area contributed by atoms with Gasteiger partial charge in [-0.1, -0.05) is 0 Å². The van der Waals surface area contributed by atoms with Crippen LogP contribution in [-0.4, -0.2) is 14.8 Å². The maximum Gasteiger partial charge on any atom is 0.0941 e. The molecule has 0 aliphatic rings. The molecule has 2 aromatic rings. The monoisotopic (exact) mass is 175 g/mol. The predicted molar refractivity (Wildman–Crippen MR) is 52.5 cm³/mol. The zero-order chi connectivity index (χ0) is 9.42. The fourth-order valence-corrected chi connectivity index (χ4v) is 1.55. The van der Waals surface area contributed by atoms with E-state index in [1.54, 1.807) is 0 Å². The maximum atomic E-state index is 4.35. The van der Waals surface area contributed by atoms with E-state index in [9.17, 15) is 0 Å². The fraction of sp³-hybridized carbons (Fsp3) is 0.300. The second kappa shape index (κ2) is 2.76. The van der Waals surface area contributed by atoms with Gasteiger partial charge in [-0.05, 0) is 26.0 Å². The van der Waals surface area contributed by atoms with E-state index in [2.05, 4.69) is 30.0 Å². The number of hydrogen-bond acceptors (Lipinski definition) is 1. The van der Waals surface area contributed by atoms with Crippen molar-refractivity contribution in [2.45, 2.75) is 13.8 Å². The summed E-state index contributed by atoms with van der Waals surface area (Å²) >= 11 is 0. The van der Waals surface area contributed by atoms with Gasteiger partial charge in [0.1, 0.15) is 0 Å². The van der Waals surface area contributed by atoms with Crippen LogP contribution in [0, 0.1) is 13.8 Å². The Balaban J connectivity index is 2.51. The molecule has 0 unspecified atom stereocenters. The van der Waals surface area contributed by atoms with Crippen molar-refractivity contribution in [3.05, 3.63) is 29.7 Å². The maximum absolute atomic E-state index is 4.35. The number of aromatic amines is 1. The minimum atomic E-state index is 1.03. The fourth-order valence-electron chi connectivity index (χ4n) is 1.55. The van der Waals surface area contributed by atoms with Gasteiger partial charge in [0.2, 0.25) is 0 Å². The average Bonchev–Trinajstić information content (AvgIpc) is 2.58. The van der Waals surface area contributed by atoms with Gasteiger partial charge in [0.05, 0.1) is 5.69 Å². The first-order valence-electron chi connectivity index (χ1n) is 4.33. The van der Waals surface area contributed by atoms with Crippen LogP contribution in [0.5, 0.6) is 0 Å². The predicted octanol–water partition coefficient (Wildman–Crippen LogP) is 2.03. The van der Waals surface area contributed by atoms with E-state index in [0.29, 0.717) is 0 Å². The van der Waals surface area contributed by atoms with Gasteiger partial charge in [-0.3, -0.25) is 4.68 Å². The molecule has 0 saturated heterocycles. The summed E-state index contributed by atoms with van der Waals surface area (Å²) in [6.07, 6.45) is 1.96. The van der Waals surface area contributed by atoms with Crippen LogP contribution in [0.1, 0.15) is 11.4 Å². The molecular formula is C10H13N3. The number of hydrogen-bond donors (Lipinski definition) is 1. The largest absolute Gasteiger partial charge is 0.362 e. The molecule has 0 fully saturated rings. The van der Waals surface area contributed by atoms with Gasteiger partial charge in [0.15, 0.2) is 0 Å². The molecule has 0 aromatic carbocycles. The highest BCUT2D eigenvalue weighted by Crippen LogP contribution is 2.21. The summed E-state index contributed by atoms with van der Waals surface area (Å²) in [5.74, 6) is 0. The Morgan fingerprint density at radius 1 is 1.38 bits per heavy atom. The van der Waals surface area contributed by atoms with Gasteiger partial charge in [-0.2, -0.15) is 5.10 Å². The van der Waals surface area contributed by atoms with Crippen LogP contribution in [0.3, 0.4) is 0 Å². The summed E-state index contributed by atoms with van der Waals surface area (Å²) in [5.41, 5.74) is 4.58. The van der Waals surface area contributed by atoms with E-state index >= 15 is 0 Å². The second-order valence-corrected chi connectivity index (χ2v) is 3.37. The number of nitrogens with zero attached hydrogens (tertiary/aromatic N) is 2. The minimum Gasteiger partial charge on any atom is -0.362 e. The van der Waals surface area contributed by atoms with Crippen LogP contribution in [-0.2, 0) is 7.05 Å². The molecule has 0 aliphatic heterocycles. The molecule has 0 aliphatic carbocycles. The molecule has 0 amide bonds. The standard InChI is InChI=1S/C10H13N3/c1-7-6-9(8(2)11-7)10-4-5-13(3)12-10/h4-6,11H,1-3H3. The van der Waals surface area contributed by atoms with Crippen LogP contribution in [0.25, 0.3) is 11.3 Å². The summed E-state index contributed by atoms with van der Waals surface area (Å²) in [6, 6.07) is 4.15. The van der Waals surface area contributed by atoms with Crippen molar-refractivity contribution < 1.29 is 0 Å². The Labute approximate surface area is 77.4 Å². The zero-order valence-corrected chi connectivity index (χ0v) is 8.13. The Kier molecular flexibility index (Phi) is 1.72. The van der Waals surface area contributed by atoms with E-state index in [1.807, 2.05) is 24.0 Å². The lowest BCUT2D eigenvalue weighted by atomic mass is 10.2. The summed E-state index contributed by atoms with van der Waals surface area (Å²) in [5, 5.41) is 4.35. The molecule has 2 heterocycles. The Morgan fingerprint density at radius 2 is 2.15 bits per heavy atom. The molecule has 2 aromatic heterocycles. The molecule has 3 nitrogen and oxygen atoms in total. The van der Waals surface area contributed by atoms with Gasteiger partial charge in [0, 0.05) is 30.2 Å². The van der Waals surface area contributed by atoms with Gasteiger partial charge >= 0.3 is 0 Å². The van der Waals surface area contributed by atoms with E-state index in [1.165, 1.54) is 17.0 Å². The number of nitrogens with one attached hydrogen (secondary N) is 1. The third-order valence-electron chi connectivity index (χ3n) is 2.14. The third kappa shape index (κ3) is 1.37. The lowest BCUT2D eigenvalue weighted by Gasteiger charge is -1.92. The van der Waals surface area contributed by atoms with Crippen LogP contribution in [0.2, 0.25) is 0 Å². The summed E-state index contributed by atoms with van der Waals surface area (Å²) in [4.78, 5) is 3.27. The topological polar surface area (TPSA) is 33.6 Å². The summed E-state index contributed by atoms with van der Waals surface area (Å²) in [6.45, 7) is 4.12. The van der Waals surface area contributed by atoms with Crippen molar-refractivity contribution >= 4 is 0 Å². The average molecular weight is 175 g/mol. The first kappa shape index (κ1) is 8.10. The van der Waals surface area contributed by atoms with Crippen molar-refractivity contribution in [2.24, 2.45) is 7.05 Å². The lowest BCUT2D eigenvalue weighted by molar-refractivity contribution is 0.771. The third-order valence-corrected chi connectivity index (χ3v) is 2.14. The highest BCUT2D eigenvalue weighted by atomic mass is 15.2. The molecule has 13 heavy (non-hydrogen) atoms. The van der Waals surface area contributed by atoms with E-state index in [0.717, 1.165) is 5.69 Å². The molecule has 0 saturated carbocycles. The van der Waals surface area contributed by atoms with Gasteiger partial charge < -0.3 is 4.98 Å². The Morgan fingerprint density at radius 3 is 2.62 bits per heavy atom. The normalized spacial score (nSPS) is 10.7. The Hall–Kier alpha value is -1.51. The highest BCUT2D eigenvalue weighted by Gasteiger charge is 2.06.